The number of ether oxygens (including phenoxy) is 2. The van der Waals surface area contributed by atoms with Gasteiger partial charge in [-0.3, -0.25) is 0 Å². The molecule has 1 aromatic heterocycles. The Morgan fingerprint density at radius 3 is 2.03 bits per heavy atom. The van der Waals surface area contributed by atoms with Crippen molar-refractivity contribution in [3.8, 4) is 11.8 Å². The fraction of sp³-hybridized carbons (Fsp3) is 0.409. The van der Waals surface area contributed by atoms with Gasteiger partial charge in [0.05, 0.1) is 17.6 Å². The average Bonchev–Trinajstić information content (AvgIpc) is 3.12. The first-order valence-corrected chi connectivity index (χ1v) is 11.2. The Kier molecular flexibility index (Phi) is 7.36. The monoisotopic (exact) mass is 461 g/mol. The van der Waals surface area contributed by atoms with Crippen LogP contribution in [0.3, 0.4) is 0 Å². The molecule has 0 atom stereocenters. The topological polar surface area (TPSA) is 108 Å². The molecule has 1 aromatic carbocycles. The SMILES string of the molecule is CC(C)(C)OC(=O)N(CC#Cc1cn(S(=O)(=O)c2ccccc2)cn1)C(=O)OC(C)(C)C. The van der Waals surface area contributed by atoms with Gasteiger partial charge in [-0.1, -0.05) is 24.1 Å². The first-order valence-electron chi connectivity index (χ1n) is 9.76. The van der Waals surface area contributed by atoms with Crippen LogP contribution in [0.25, 0.3) is 0 Å². The fourth-order valence-corrected chi connectivity index (χ4v) is 3.42. The van der Waals surface area contributed by atoms with Gasteiger partial charge in [0.15, 0.2) is 0 Å². The third-order valence-corrected chi connectivity index (χ3v) is 5.18. The van der Waals surface area contributed by atoms with Crippen LogP contribution in [0.4, 0.5) is 9.59 Å². The number of hydrogen-bond donors (Lipinski definition) is 0. The van der Waals surface area contributed by atoms with Gasteiger partial charge in [0.25, 0.3) is 10.0 Å². The lowest BCUT2D eigenvalue weighted by Gasteiger charge is -2.27. The summed E-state index contributed by atoms with van der Waals surface area (Å²) in [5.74, 6) is 5.29. The minimum atomic E-state index is -3.80. The maximum Gasteiger partial charge on any atom is 0.420 e. The molecular weight excluding hydrogens is 434 g/mol. The molecule has 9 nitrogen and oxygen atoms in total. The van der Waals surface area contributed by atoms with Crippen molar-refractivity contribution >= 4 is 22.2 Å². The number of amides is 2. The van der Waals surface area contributed by atoms with Crippen LogP contribution in [-0.4, -0.2) is 52.2 Å². The van der Waals surface area contributed by atoms with Crippen molar-refractivity contribution in [2.24, 2.45) is 0 Å². The van der Waals surface area contributed by atoms with E-state index in [0.29, 0.717) is 0 Å². The number of nitrogens with zero attached hydrogens (tertiary/aromatic N) is 3. The molecule has 2 rings (SSSR count). The largest absolute Gasteiger partial charge is 0.443 e. The fourth-order valence-electron chi connectivity index (χ4n) is 2.26. The Balaban J connectivity index is 2.21. The molecule has 172 valence electrons. The highest BCUT2D eigenvalue weighted by molar-refractivity contribution is 7.90. The van der Waals surface area contributed by atoms with Gasteiger partial charge in [0.1, 0.15) is 23.2 Å². The predicted octanol–water partition coefficient (Wildman–Crippen LogP) is 3.64. The minimum absolute atomic E-state index is 0.109. The van der Waals surface area contributed by atoms with Crippen molar-refractivity contribution in [3.63, 3.8) is 0 Å². The van der Waals surface area contributed by atoms with E-state index in [-0.39, 0.29) is 17.1 Å². The van der Waals surface area contributed by atoms with Gasteiger partial charge in [-0.25, -0.2) is 31.9 Å². The van der Waals surface area contributed by atoms with Crippen molar-refractivity contribution in [2.45, 2.75) is 57.6 Å². The summed E-state index contributed by atoms with van der Waals surface area (Å²) in [7, 11) is -3.80. The van der Waals surface area contributed by atoms with Gasteiger partial charge in [-0.05, 0) is 59.6 Å². The van der Waals surface area contributed by atoms with Crippen molar-refractivity contribution in [1.82, 2.24) is 13.9 Å². The molecular formula is C22H27N3O6S. The first kappa shape index (κ1) is 24.9. The Hall–Kier alpha value is -3.32. The summed E-state index contributed by atoms with van der Waals surface area (Å²) in [6.45, 7) is 9.69. The summed E-state index contributed by atoms with van der Waals surface area (Å²) < 4.78 is 36.7. The lowest BCUT2D eigenvalue weighted by atomic mass is 10.2. The number of benzene rings is 1. The Morgan fingerprint density at radius 2 is 1.53 bits per heavy atom. The molecule has 2 amide bonds. The molecule has 0 spiro atoms. The second kappa shape index (κ2) is 9.44. The Bertz CT molecular complexity index is 1100. The van der Waals surface area contributed by atoms with Gasteiger partial charge >= 0.3 is 12.2 Å². The van der Waals surface area contributed by atoms with Gasteiger partial charge < -0.3 is 9.47 Å². The maximum atomic E-state index is 12.6. The Morgan fingerprint density at radius 1 is 1.00 bits per heavy atom. The summed E-state index contributed by atoms with van der Waals surface area (Å²) in [4.78, 5) is 29.7. The van der Waals surface area contributed by atoms with Gasteiger partial charge in [0, 0.05) is 0 Å². The molecule has 0 aliphatic carbocycles. The Labute approximate surface area is 188 Å². The van der Waals surface area contributed by atoms with Crippen molar-refractivity contribution in [2.75, 3.05) is 6.54 Å². The molecule has 0 fully saturated rings. The summed E-state index contributed by atoms with van der Waals surface area (Å²) in [5, 5.41) is 0. The zero-order valence-corrected chi connectivity index (χ0v) is 19.8. The van der Waals surface area contributed by atoms with Gasteiger partial charge in [-0.15, -0.1) is 0 Å². The number of aromatic nitrogens is 2. The van der Waals surface area contributed by atoms with Crippen LogP contribution >= 0.6 is 0 Å². The van der Waals surface area contributed by atoms with Gasteiger partial charge in [-0.2, -0.15) is 0 Å². The number of hydrogen-bond acceptors (Lipinski definition) is 7. The van der Waals surface area contributed by atoms with Gasteiger partial charge in [0.2, 0.25) is 0 Å². The van der Waals surface area contributed by atoms with E-state index in [1.807, 2.05) is 0 Å². The van der Waals surface area contributed by atoms with Crippen molar-refractivity contribution in [1.29, 1.82) is 0 Å². The van der Waals surface area contributed by atoms with Crippen LogP contribution in [0.5, 0.6) is 0 Å². The number of rotatable bonds is 3. The van der Waals surface area contributed by atoms with E-state index in [2.05, 4.69) is 16.8 Å². The lowest BCUT2D eigenvalue weighted by molar-refractivity contribution is 0.00411. The molecule has 0 radical (unpaired) electrons. The molecule has 2 aromatic rings. The molecule has 0 saturated heterocycles. The molecule has 0 aliphatic rings. The quantitative estimate of drug-likeness (QED) is 0.642. The van der Waals surface area contributed by atoms with E-state index in [1.54, 1.807) is 59.7 Å². The van der Waals surface area contributed by atoms with E-state index < -0.39 is 33.4 Å². The lowest BCUT2D eigenvalue weighted by Crippen LogP contribution is -2.43. The summed E-state index contributed by atoms with van der Waals surface area (Å²) in [6.07, 6.45) is 0.573. The highest BCUT2D eigenvalue weighted by Gasteiger charge is 2.30. The predicted molar refractivity (Wildman–Crippen MR) is 117 cm³/mol. The molecule has 1 heterocycles. The first-order chi connectivity index (χ1) is 14.7. The zero-order chi connectivity index (χ0) is 24.2. The van der Waals surface area contributed by atoms with Crippen LogP contribution in [-0.2, 0) is 19.5 Å². The third kappa shape index (κ3) is 7.13. The van der Waals surface area contributed by atoms with E-state index >= 15 is 0 Å². The number of carbonyl (C=O) groups is 2. The van der Waals surface area contributed by atoms with E-state index in [0.717, 1.165) is 15.2 Å². The van der Waals surface area contributed by atoms with E-state index in [9.17, 15) is 18.0 Å². The van der Waals surface area contributed by atoms with Crippen LogP contribution in [0.2, 0.25) is 0 Å². The number of imidazole rings is 1. The molecule has 0 N–H and O–H groups in total. The highest BCUT2D eigenvalue weighted by Crippen LogP contribution is 2.15. The van der Waals surface area contributed by atoms with Crippen molar-refractivity contribution < 1.29 is 27.5 Å². The molecule has 0 unspecified atom stereocenters. The number of carbonyl (C=O) groups excluding carboxylic acids is 2. The smallest absolute Gasteiger partial charge is 0.420 e. The second-order valence-corrected chi connectivity index (χ2v) is 10.6. The third-order valence-electron chi connectivity index (χ3n) is 3.56. The highest BCUT2D eigenvalue weighted by atomic mass is 32.2. The molecule has 32 heavy (non-hydrogen) atoms. The van der Waals surface area contributed by atoms with Crippen LogP contribution in [0, 0.1) is 11.8 Å². The average molecular weight is 462 g/mol. The molecule has 10 heteroatoms. The number of imide groups is 1. The molecule has 0 saturated carbocycles. The zero-order valence-electron chi connectivity index (χ0n) is 18.9. The summed E-state index contributed by atoms with van der Waals surface area (Å²) in [6, 6.07) is 7.89. The normalized spacial score (nSPS) is 11.8. The summed E-state index contributed by atoms with van der Waals surface area (Å²) in [5.41, 5.74) is -1.50. The van der Waals surface area contributed by atoms with E-state index in [1.165, 1.54) is 18.3 Å². The van der Waals surface area contributed by atoms with Crippen LogP contribution < -0.4 is 0 Å². The van der Waals surface area contributed by atoms with Crippen molar-refractivity contribution in [3.05, 3.63) is 48.5 Å². The molecule has 0 bridgehead atoms. The van der Waals surface area contributed by atoms with Crippen LogP contribution in [0.15, 0.2) is 47.8 Å². The van der Waals surface area contributed by atoms with Crippen LogP contribution in [0.1, 0.15) is 47.2 Å². The second-order valence-electron chi connectivity index (χ2n) is 8.76. The van der Waals surface area contributed by atoms with E-state index in [4.69, 9.17) is 9.47 Å². The molecule has 0 aliphatic heterocycles. The minimum Gasteiger partial charge on any atom is -0.443 e. The summed E-state index contributed by atoms with van der Waals surface area (Å²) >= 11 is 0. The standard InChI is InChI=1S/C22H27N3O6S/c1-21(2,3)30-19(26)25(20(27)31-22(4,5)6)14-10-11-17-15-24(16-23-17)32(28,29)18-12-8-7-9-13-18/h7-9,12-13,15-16H,14H2,1-6H3. The maximum absolute atomic E-state index is 12.6.